The van der Waals surface area contributed by atoms with Crippen LogP contribution in [0.15, 0.2) is 41.3 Å². The van der Waals surface area contributed by atoms with Crippen LogP contribution in [0.1, 0.15) is 5.56 Å². The molecule has 0 aliphatic heterocycles. The molecule has 0 saturated heterocycles. The summed E-state index contributed by atoms with van der Waals surface area (Å²) < 4.78 is 44.7. The number of aryl methyl sites for hydroxylation is 1. The van der Waals surface area contributed by atoms with Gasteiger partial charge in [0.25, 0.3) is 0 Å². The van der Waals surface area contributed by atoms with Crippen molar-refractivity contribution < 1.29 is 17.5 Å². The molecule has 0 unspecified atom stereocenters. The molecular formula is C17H20FN3O3S2. The van der Waals surface area contributed by atoms with Crippen LogP contribution in [-0.4, -0.2) is 39.0 Å². The van der Waals surface area contributed by atoms with Crippen molar-refractivity contribution in [3.63, 3.8) is 0 Å². The van der Waals surface area contributed by atoms with Crippen LogP contribution in [0.3, 0.4) is 0 Å². The molecule has 2 aromatic rings. The first-order valence-electron chi connectivity index (χ1n) is 7.60. The van der Waals surface area contributed by atoms with Gasteiger partial charge in [0.05, 0.1) is 7.11 Å². The molecule has 0 radical (unpaired) electrons. The Hall–Kier alpha value is -2.23. The number of rotatable bonds is 5. The molecule has 0 amide bonds. The maximum atomic E-state index is 13.6. The van der Waals surface area contributed by atoms with Gasteiger partial charge < -0.3 is 15.4 Å². The summed E-state index contributed by atoms with van der Waals surface area (Å²) in [7, 11) is 0.581. The third-order valence-corrected chi connectivity index (χ3v) is 5.65. The Morgan fingerprint density at radius 2 is 1.69 bits per heavy atom. The number of halogens is 1. The van der Waals surface area contributed by atoms with Gasteiger partial charge in [-0.3, -0.25) is 0 Å². The zero-order valence-corrected chi connectivity index (χ0v) is 16.5. The van der Waals surface area contributed by atoms with Crippen molar-refractivity contribution in [2.75, 3.05) is 31.8 Å². The lowest BCUT2D eigenvalue weighted by molar-refractivity contribution is 0.400. The predicted molar refractivity (Wildman–Crippen MR) is 105 cm³/mol. The summed E-state index contributed by atoms with van der Waals surface area (Å²) in [6.45, 7) is 1.67. The summed E-state index contributed by atoms with van der Waals surface area (Å²) >= 11 is 5.21. The summed E-state index contributed by atoms with van der Waals surface area (Å²) in [5, 5.41) is 5.94. The van der Waals surface area contributed by atoms with Gasteiger partial charge in [-0.15, -0.1) is 0 Å². The standard InChI is InChI=1S/C17H20FN3O3S2/c1-11-5-6-12(9-14(11)18)19-17(25)20-13-7-8-15(24-4)16(10-13)26(22,23)21(2)3/h5-10H,1-4H3,(H2,19,20,25). The van der Waals surface area contributed by atoms with Crippen molar-refractivity contribution in [1.29, 1.82) is 0 Å². The van der Waals surface area contributed by atoms with Crippen LogP contribution in [0.4, 0.5) is 15.8 Å². The minimum atomic E-state index is -3.69. The quantitative estimate of drug-likeness (QED) is 0.755. The lowest BCUT2D eigenvalue weighted by Crippen LogP contribution is -2.23. The van der Waals surface area contributed by atoms with Crippen molar-refractivity contribution in [2.45, 2.75) is 11.8 Å². The number of thiocarbonyl (C=S) groups is 1. The maximum absolute atomic E-state index is 13.6. The van der Waals surface area contributed by atoms with E-state index in [0.29, 0.717) is 16.9 Å². The zero-order valence-electron chi connectivity index (χ0n) is 14.8. The third-order valence-electron chi connectivity index (χ3n) is 3.61. The van der Waals surface area contributed by atoms with Crippen LogP contribution < -0.4 is 15.4 Å². The first-order chi connectivity index (χ1) is 12.1. The summed E-state index contributed by atoms with van der Waals surface area (Å²) in [5.74, 6) is -0.120. The maximum Gasteiger partial charge on any atom is 0.246 e. The molecule has 0 aromatic heterocycles. The van der Waals surface area contributed by atoms with Gasteiger partial charge in [0.15, 0.2) is 5.11 Å². The van der Waals surface area contributed by atoms with E-state index in [2.05, 4.69) is 10.6 Å². The molecule has 0 spiro atoms. The van der Waals surface area contributed by atoms with Gasteiger partial charge >= 0.3 is 0 Å². The Bertz CT molecular complexity index is 931. The van der Waals surface area contributed by atoms with E-state index in [1.807, 2.05) is 0 Å². The number of methoxy groups -OCH3 is 1. The van der Waals surface area contributed by atoms with Gasteiger partial charge in [0, 0.05) is 25.5 Å². The molecule has 6 nitrogen and oxygen atoms in total. The van der Waals surface area contributed by atoms with E-state index < -0.39 is 10.0 Å². The second-order valence-electron chi connectivity index (χ2n) is 5.70. The van der Waals surface area contributed by atoms with Crippen molar-refractivity contribution >= 4 is 38.7 Å². The van der Waals surface area contributed by atoms with Gasteiger partial charge in [-0.1, -0.05) is 6.07 Å². The van der Waals surface area contributed by atoms with Crippen LogP contribution in [0.5, 0.6) is 5.75 Å². The Labute approximate surface area is 158 Å². The van der Waals surface area contributed by atoms with Crippen LogP contribution in [0, 0.1) is 12.7 Å². The summed E-state index contributed by atoms with van der Waals surface area (Å²) in [6.07, 6.45) is 0. The topological polar surface area (TPSA) is 70.7 Å². The largest absolute Gasteiger partial charge is 0.495 e. The number of benzene rings is 2. The molecule has 0 atom stereocenters. The normalized spacial score (nSPS) is 11.3. The van der Waals surface area contributed by atoms with E-state index in [-0.39, 0.29) is 21.6 Å². The Balaban J connectivity index is 2.24. The number of hydrogen-bond donors (Lipinski definition) is 2. The summed E-state index contributed by atoms with van der Waals surface area (Å²) in [4.78, 5) is 0.0131. The number of hydrogen-bond acceptors (Lipinski definition) is 4. The molecule has 2 rings (SSSR count). The van der Waals surface area contributed by atoms with Gasteiger partial charge in [-0.25, -0.2) is 17.1 Å². The first kappa shape index (κ1) is 20.1. The van der Waals surface area contributed by atoms with E-state index in [9.17, 15) is 12.8 Å². The number of anilines is 2. The Morgan fingerprint density at radius 1 is 1.12 bits per heavy atom. The average Bonchev–Trinajstić information content (AvgIpc) is 2.58. The van der Waals surface area contributed by atoms with Gasteiger partial charge in [-0.2, -0.15) is 0 Å². The van der Waals surface area contributed by atoms with Crippen LogP contribution in [0.2, 0.25) is 0 Å². The Morgan fingerprint density at radius 3 is 2.23 bits per heavy atom. The van der Waals surface area contributed by atoms with Crippen LogP contribution in [0.25, 0.3) is 0 Å². The number of nitrogens with one attached hydrogen (secondary N) is 2. The molecule has 0 aliphatic rings. The highest BCUT2D eigenvalue weighted by molar-refractivity contribution is 7.89. The minimum absolute atomic E-state index is 0.0131. The van der Waals surface area contributed by atoms with Crippen molar-refractivity contribution in [3.05, 3.63) is 47.8 Å². The number of nitrogens with zero attached hydrogens (tertiary/aromatic N) is 1. The fourth-order valence-corrected chi connectivity index (χ4v) is 3.43. The molecule has 140 valence electrons. The fourth-order valence-electron chi connectivity index (χ4n) is 2.12. The second-order valence-corrected chi connectivity index (χ2v) is 8.22. The van der Waals surface area contributed by atoms with E-state index >= 15 is 0 Å². The predicted octanol–water partition coefficient (Wildman–Crippen LogP) is 3.20. The Kier molecular flexibility index (Phi) is 6.17. The number of ether oxygens (including phenoxy) is 1. The van der Waals surface area contributed by atoms with E-state index in [1.54, 1.807) is 25.1 Å². The fraction of sp³-hybridized carbons (Fsp3) is 0.235. The molecule has 2 aromatic carbocycles. The van der Waals surface area contributed by atoms with E-state index in [1.165, 1.54) is 39.4 Å². The average molecular weight is 397 g/mol. The molecule has 0 fully saturated rings. The molecule has 2 N–H and O–H groups in total. The van der Waals surface area contributed by atoms with Gasteiger partial charge in [0.2, 0.25) is 10.0 Å². The second kappa shape index (κ2) is 7.98. The molecule has 0 aliphatic carbocycles. The van der Waals surface area contributed by atoms with Gasteiger partial charge in [-0.05, 0) is 55.0 Å². The van der Waals surface area contributed by atoms with E-state index in [4.69, 9.17) is 17.0 Å². The highest BCUT2D eigenvalue weighted by Gasteiger charge is 2.22. The smallest absolute Gasteiger partial charge is 0.246 e. The van der Waals surface area contributed by atoms with Crippen LogP contribution in [-0.2, 0) is 10.0 Å². The summed E-state index contributed by atoms with van der Waals surface area (Å²) in [6, 6.07) is 9.26. The third kappa shape index (κ3) is 4.48. The zero-order chi connectivity index (χ0) is 19.5. The molecule has 9 heteroatoms. The summed E-state index contributed by atoms with van der Waals surface area (Å²) in [5.41, 5.74) is 1.47. The SMILES string of the molecule is COc1ccc(NC(=S)Nc2ccc(C)c(F)c2)cc1S(=O)(=O)N(C)C. The molecule has 0 heterocycles. The van der Waals surface area contributed by atoms with Crippen molar-refractivity contribution in [3.8, 4) is 5.75 Å². The lowest BCUT2D eigenvalue weighted by atomic mass is 10.2. The molecule has 0 saturated carbocycles. The monoisotopic (exact) mass is 397 g/mol. The molecule has 0 bridgehead atoms. The van der Waals surface area contributed by atoms with Crippen molar-refractivity contribution in [2.24, 2.45) is 0 Å². The van der Waals surface area contributed by atoms with Crippen LogP contribution >= 0.6 is 12.2 Å². The molecule has 26 heavy (non-hydrogen) atoms. The van der Waals surface area contributed by atoms with Crippen molar-refractivity contribution in [1.82, 2.24) is 4.31 Å². The lowest BCUT2D eigenvalue weighted by Gasteiger charge is -2.17. The highest BCUT2D eigenvalue weighted by atomic mass is 32.2. The van der Waals surface area contributed by atoms with E-state index in [0.717, 1.165) is 4.31 Å². The minimum Gasteiger partial charge on any atom is -0.495 e. The van der Waals surface area contributed by atoms with Gasteiger partial charge in [0.1, 0.15) is 16.5 Å². The number of sulfonamides is 1. The molecular weight excluding hydrogens is 377 g/mol. The highest BCUT2D eigenvalue weighted by Crippen LogP contribution is 2.29. The first-order valence-corrected chi connectivity index (χ1v) is 9.44.